The lowest BCUT2D eigenvalue weighted by atomic mass is 9.81. The molecule has 3 N–H and O–H groups in total. The van der Waals surface area contributed by atoms with Gasteiger partial charge in [0, 0.05) is 31.3 Å². The number of carboxylic acid groups (broad SMARTS) is 1. The number of ether oxygens (including phenoxy) is 2. The fourth-order valence-electron chi connectivity index (χ4n) is 5.35. The Morgan fingerprint density at radius 2 is 1.77 bits per heavy atom. The molecule has 1 unspecified atom stereocenters. The number of hydrogen-bond donors (Lipinski definition) is 3. The molecule has 1 aromatic heterocycles. The normalized spacial score (nSPS) is 18.0. The molecule has 0 saturated heterocycles. The highest BCUT2D eigenvalue weighted by Gasteiger charge is 2.29. The minimum absolute atomic E-state index is 0.0466. The average molecular weight is 575 g/mol. The molecule has 216 valence electrons. The van der Waals surface area contributed by atoms with Gasteiger partial charge in [-0.1, -0.05) is 23.7 Å². The van der Waals surface area contributed by atoms with Crippen molar-refractivity contribution in [2.75, 3.05) is 20.3 Å². The molecule has 10 heteroatoms. The van der Waals surface area contributed by atoms with E-state index in [2.05, 4.69) is 4.90 Å². The second kappa shape index (κ2) is 13.3. The Labute approximate surface area is 238 Å². The first-order chi connectivity index (χ1) is 19.2. The molecule has 1 heterocycles. The summed E-state index contributed by atoms with van der Waals surface area (Å²) in [6.07, 6.45) is 2.99. The maximum absolute atomic E-state index is 14.3. The number of halogens is 2. The van der Waals surface area contributed by atoms with E-state index in [-0.39, 0.29) is 41.9 Å². The van der Waals surface area contributed by atoms with Crippen LogP contribution in [-0.4, -0.2) is 51.0 Å². The predicted octanol–water partition coefficient (Wildman–Crippen LogP) is 6.23. The SMILES string of the molecule is COc1cc(CN(CC2CCC(C(=O)O)CC2)C(C)c2ccc(Cl)c(F)c2)ccc1OCCn1c(O)ccc1O. The number of aromatic nitrogens is 1. The topological polar surface area (TPSA) is 104 Å². The van der Waals surface area contributed by atoms with Gasteiger partial charge < -0.3 is 24.8 Å². The minimum atomic E-state index is -0.725. The van der Waals surface area contributed by atoms with Crippen molar-refractivity contribution < 1.29 is 34.0 Å². The largest absolute Gasteiger partial charge is 0.494 e. The molecule has 1 atom stereocenters. The highest BCUT2D eigenvalue weighted by atomic mass is 35.5. The highest BCUT2D eigenvalue weighted by Crippen LogP contribution is 2.35. The van der Waals surface area contributed by atoms with Crippen molar-refractivity contribution in [3.05, 3.63) is 70.5 Å². The number of nitrogens with zero attached hydrogens (tertiary/aromatic N) is 2. The molecular weight excluding hydrogens is 539 g/mol. The third-order valence-electron chi connectivity index (χ3n) is 7.78. The summed E-state index contributed by atoms with van der Waals surface area (Å²) in [5.74, 6) is -0.149. The minimum Gasteiger partial charge on any atom is -0.494 e. The van der Waals surface area contributed by atoms with E-state index in [0.29, 0.717) is 36.8 Å². The summed E-state index contributed by atoms with van der Waals surface area (Å²) in [4.78, 5) is 13.7. The van der Waals surface area contributed by atoms with Gasteiger partial charge in [0.1, 0.15) is 12.4 Å². The predicted molar refractivity (Wildman–Crippen MR) is 150 cm³/mol. The first-order valence-corrected chi connectivity index (χ1v) is 13.8. The van der Waals surface area contributed by atoms with Crippen molar-refractivity contribution in [1.29, 1.82) is 0 Å². The summed E-state index contributed by atoms with van der Waals surface area (Å²) in [5.41, 5.74) is 1.79. The van der Waals surface area contributed by atoms with Crippen LogP contribution in [0.5, 0.6) is 23.3 Å². The quantitative estimate of drug-likeness (QED) is 0.235. The van der Waals surface area contributed by atoms with E-state index in [1.807, 2.05) is 31.2 Å². The summed E-state index contributed by atoms with van der Waals surface area (Å²) >= 11 is 5.93. The van der Waals surface area contributed by atoms with Crippen molar-refractivity contribution in [3.63, 3.8) is 0 Å². The maximum Gasteiger partial charge on any atom is 0.306 e. The smallest absolute Gasteiger partial charge is 0.306 e. The molecule has 0 amide bonds. The van der Waals surface area contributed by atoms with E-state index in [9.17, 15) is 24.5 Å². The van der Waals surface area contributed by atoms with Gasteiger partial charge in [-0.2, -0.15) is 0 Å². The highest BCUT2D eigenvalue weighted by molar-refractivity contribution is 6.30. The number of aliphatic carboxylic acids is 1. The van der Waals surface area contributed by atoms with Gasteiger partial charge in [0.05, 0.1) is 24.6 Å². The molecule has 0 bridgehead atoms. The fourth-order valence-corrected chi connectivity index (χ4v) is 5.47. The lowest BCUT2D eigenvalue weighted by molar-refractivity contribution is -0.143. The molecule has 40 heavy (non-hydrogen) atoms. The van der Waals surface area contributed by atoms with Crippen molar-refractivity contribution in [1.82, 2.24) is 9.47 Å². The van der Waals surface area contributed by atoms with Crippen molar-refractivity contribution in [2.24, 2.45) is 11.8 Å². The zero-order valence-electron chi connectivity index (χ0n) is 22.7. The van der Waals surface area contributed by atoms with Gasteiger partial charge >= 0.3 is 5.97 Å². The molecule has 2 aromatic carbocycles. The van der Waals surface area contributed by atoms with Gasteiger partial charge in [0.25, 0.3) is 0 Å². The standard InChI is InChI=1S/C30H36ClFN2O6/c1-19(23-8-9-24(31)25(32)16-23)33(17-20-3-6-22(7-4-20)30(37)38)18-21-5-10-26(27(15-21)39-2)40-14-13-34-28(35)11-12-29(34)36/h5,8-12,15-16,19-20,22,35-36H,3-4,6-7,13-14,17-18H2,1-2H3,(H,37,38). The zero-order chi connectivity index (χ0) is 28.8. The summed E-state index contributed by atoms with van der Waals surface area (Å²) in [6.45, 7) is 3.79. The van der Waals surface area contributed by atoms with Crippen LogP contribution in [0.25, 0.3) is 0 Å². The van der Waals surface area contributed by atoms with Crippen molar-refractivity contribution >= 4 is 17.6 Å². The van der Waals surface area contributed by atoms with Crippen LogP contribution in [-0.2, 0) is 17.9 Å². The van der Waals surface area contributed by atoms with Crippen LogP contribution in [0.2, 0.25) is 5.02 Å². The fraction of sp³-hybridized carbons (Fsp3) is 0.433. The maximum atomic E-state index is 14.3. The van der Waals surface area contributed by atoms with Gasteiger partial charge in [0.2, 0.25) is 0 Å². The molecule has 8 nitrogen and oxygen atoms in total. The molecule has 0 aliphatic heterocycles. The van der Waals surface area contributed by atoms with Crippen LogP contribution < -0.4 is 9.47 Å². The van der Waals surface area contributed by atoms with Gasteiger partial charge in [-0.15, -0.1) is 0 Å². The van der Waals surface area contributed by atoms with E-state index in [1.165, 1.54) is 22.8 Å². The lowest BCUT2D eigenvalue weighted by Gasteiger charge is -2.35. The van der Waals surface area contributed by atoms with Crippen molar-refractivity contribution in [3.8, 4) is 23.3 Å². The molecule has 3 aromatic rings. The first-order valence-electron chi connectivity index (χ1n) is 13.4. The number of carboxylic acids is 1. The van der Waals surface area contributed by atoms with Crippen LogP contribution in [0.1, 0.15) is 49.8 Å². The number of carbonyl (C=O) groups is 1. The van der Waals surface area contributed by atoms with E-state index in [4.69, 9.17) is 21.1 Å². The molecular formula is C30H36ClFN2O6. The number of benzene rings is 2. The second-order valence-electron chi connectivity index (χ2n) is 10.4. The number of hydrogen-bond acceptors (Lipinski definition) is 6. The van der Waals surface area contributed by atoms with E-state index >= 15 is 0 Å². The zero-order valence-corrected chi connectivity index (χ0v) is 23.5. The van der Waals surface area contributed by atoms with Gasteiger partial charge in [-0.3, -0.25) is 14.3 Å². The number of methoxy groups -OCH3 is 1. The molecule has 1 aliphatic carbocycles. The molecule has 0 radical (unpaired) electrons. The van der Waals surface area contributed by atoms with Crippen LogP contribution in [0.4, 0.5) is 4.39 Å². The van der Waals surface area contributed by atoms with Crippen molar-refractivity contribution in [2.45, 2.75) is 51.7 Å². The number of aromatic hydroxyl groups is 2. The van der Waals surface area contributed by atoms with Crippen LogP contribution >= 0.6 is 11.6 Å². The second-order valence-corrected chi connectivity index (χ2v) is 10.8. The molecule has 1 saturated carbocycles. The average Bonchev–Trinajstić information content (AvgIpc) is 3.27. The van der Waals surface area contributed by atoms with E-state index < -0.39 is 11.8 Å². The third kappa shape index (κ3) is 7.20. The first kappa shape index (κ1) is 29.6. The molecule has 4 rings (SSSR count). The molecule has 1 fully saturated rings. The van der Waals surface area contributed by atoms with Crippen LogP contribution in [0, 0.1) is 17.7 Å². The third-order valence-corrected chi connectivity index (χ3v) is 8.09. The Kier molecular flexibility index (Phi) is 9.81. The van der Waals surface area contributed by atoms with Crippen LogP contribution in [0.3, 0.4) is 0 Å². The summed E-state index contributed by atoms with van der Waals surface area (Å²) in [5, 5.41) is 29.1. The van der Waals surface area contributed by atoms with Gasteiger partial charge in [-0.25, -0.2) is 4.39 Å². The van der Waals surface area contributed by atoms with Gasteiger partial charge in [0.15, 0.2) is 23.3 Å². The molecule has 1 aliphatic rings. The van der Waals surface area contributed by atoms with Gasteiger partial charge in [-0.05, 0) is 73.9 Å². The Bertz CT molecular complexity index is 1290. The monoisotopic (exact) mass is 574 g/mol. The summed E-state index contributed by atoms with van der Waals surface area (Å²) in [7, 11) is 1.56. The van der Waals surface area contributed by atoms with Crippen LogP contribution in [0.15, 0.2) is 48.5 Å². The Morgan fingerprint density at radius 3 is 2.40 bits per heavy atom. The Balaban J connectivity index is 1.48. The molecule has 0 spiro atoms. The lowest BCUT2D eigenvalue weighted by Crippen LogP contribution is -2.34. The summed E-state index contributed by atoms with van der Waals surface area (Å²) < 4.78 is 27.1. The van der Waals surface area contributed by atoms with E-state index in [1.54, 1.807) is 13.2 Å². The summed E-state index contributed by atoms with van der Waals surface area (Å²) in [6, 6.07) is 13.3. The number of rotatable bonds is 12. The Morgan fingerprint density at radius 1 is 1.07 bits per heavy atom. The van der Waals surface area contributed by atoms with E-state index in [0.717, 1.165) is 30.5 Å². The Hall–Kier alpha value is -3.43.